The fraction of sp³-hybridized carbons (Fsp3) is 0.818. The summed E-state index contributed by atoms with van der Waals surface area (Å²) in [6, 6.07) is 0. The van der Waals surface area contributed by atoms with E-state index >= 15 is 0 Å². The van der Waals surface area contributed by atoms with Crippen molar-refractivity contribution < 1.29 is 14.7 Å². The van der Waals surface area contributed by atoms with Crippen molar-refractivity contribution in [3.63, 3.8) is 0 Å². The van der Waals surface area contributed by atoms with E-state index in [1.165, 1.54) is 0 Å². The van der Waals surface area contributed by atoms with Crippen molar-refractivity contribution in [2.24, 2.45) is 11.3 Å². The fourth-order valence-electron chi connectivity index (χ4n) is 1.41. The normalized spacial score (nSPS) is 13.2. The summed E-state index contributed by atoms with van der Waals surface area (Å²) in [5, 5.41) is 11.7. The molecule has 94 valence electrons. The summed E-state index contributed by atoms with van der Waals surface area (Å²) in [6.07, 6.45) is 2.86. The Bertz CT molecular complexity index is 248. The zero-order valence-electron chi connectivity index (χ0n) is 10.4. The molecule has 0 rings (SSSR count). The molecule has 5 heteroatoms. The summed E-state index contributed by atoms with van der Waals surface area (Å²) in [7, 11) is 0. The second kappa shape index (κ2) is 6.78. The van der Waals surface area contributed by atoms with E-state index in [-0.39, 0.29) is 5.91 Å². The molecule has 16 heavy (non-hydrogen) atoms. The second-order valence-corrected chi connectivity index (χ2v) is 5.76. The minimum Gasteiger partial charge on any atom is -0.481 e. The molecule has 0 aliphatic carbocycles. The third-order valence-corrected chi connectivity index (χ3v) is 2.90. The molecular weight excluding hydrogens is 226 g/mol. The Morgan fingerprint density at radius 2 is 1.94 bits per heavy atom. The maximum atomic E-state index is 11.7. The quantitative estimate of drug-likeness (QED) is 0.553. The zero-order chi connectivity index (χ0) is 12.8. The van der Waals surface area contributed by atoms with Crippen molar-refractivity contribution in [1.29, 1.82) is 0 Å². The molecule has 0 aromatic heterocycles. The van der Waals surface area contributed by atoms with E-state index in [0.717, 1.165) is 12.2 Å². The molecule has 0 saturated carbocycles. The van der Waals surface area contributed by atoms with Crippen LogP contribution in [-0.2, 0) is 9.59 Å². The van der Waals surface area contributed by atoms with Gasteiger partial charge in [-0.05, 0) is 23.8 Å². The highest BCUT2D eigenvalue weighted by Gasteiger charge is 2.37. The van der Waals surface area contributed by atoms with Crippen molar-refractivity contribution in [1.82, 2.24) is 5.32 Å². The summed E-state index contributed by atoms with van der Waals surface area (Å²) >= 11 is 1.71. The number of carbonyl (C=O) groups excluding carboxylic acids is 1. The van der Waals surface area contributed by atoms with Crippen LogP contribution in [0.1, 0.15) is 27.2 Å². The number of carboxylic acid groups (broad SMARTS) is 1. The van der Waals surface area contributed by atoms with Crippen LogP contribution in [0.3, 0.4) is 0 Å². The molecule has 0 aliphatic rings. The molecule has 0 aromatic carbocycles. The van der Waals surface area contributed by atoms with Crippen molar-refractivity contribution in [3.8, 4) is 0 Å². The number of thioether (sulfide) groups is 1. The first-order valence-electron chi connectivity index (χ1n) is 5.30. The van der Waals surface area contributed by atoms with Gasteiger partial charge in [-0.3, -0.25) is 9.59 Å². The molecule has 0 bridgehead atoms. The lowest BCUT2D eigenvalue weighted by molar-refractivity contribution is -0.151. The first-order valence-corrected chi connectivity index (χ1v) is 6.69. The highest BCUT2D eigenvalue weighted by Crippen LogP contribution is 2.26. The predicted molar refractivity (Wildman–Crippen MR) is 66.6 cm³/mol. The van der Waals surface area contributed by atoms with E-state index < -0.39 is 17.3 Å². The molecule has 2 N–H and O–H groups in total. The standard InChI is InChI=1S/C11H21NO3S/c1-11(2,3)8(10(14)15)9(13)12-6-5-7-16-4/h8H,5-7H2,1-4H3,(H,12,13)(H,14,15). The maximum absolute atomic E-state index is 11.7. The average molecular weight is 247 g/mol. The number of rotatable bonds is 6. The molecule has 0 radical (unpaired) electrons. The number of hydrogen-bond donors (Lipinski definition) is 2. The van der Waals surface area contributed by atoms with Crippen molar-refractivity contribution >= 4 is 23.6 Å². The van der Waals surface area contributed by atoms with Crippen LogP contribution in [-0.4, -0.2) is 35.5 Å². The third-order valence-electron chi connectivity index (χ3n) is 2.20. The van der Waals surface area contributed by atoms with Gasteiger partial charge in [0.05, 0.1) is 0 Å². The molecule has 4 nitrogen and oxygen atoms in total. The number of amides is 1. The lowest BCUT2D eigenvalue weighted by Crippen LogP contribution is -2.43. The monoisotopic (exact) mass is 247 g/mol. The Kier molecular flexibility index (Phi) is 6.48. The molecule has 0 aliphatic heterocycles. The minimum absolute atomic E-state index is 0.388. The molecule has 0 aromatic rings. The van der Waals surface area contributed by atoms with Gasteiger partial charge in [0, 0.05) is 6.54 Å². The Balaban J connectivity index is 4.26. The molecule has 1 unspecified atom stereocenters. The summed E-state index contributed by atoms with van der Waals surface area (Å²) in [4.78, 5) is 22.7. The zero-order valence-corrected chi connectivity index (χ0v) is 11.2. The molecule has 1 amide bonds. The molecule has 0 fully saturated rings. The molecule has 1 atom stereocenters. The first kappa shape index (κ1) is 15.3. The van der Waals surface area contributed by atoms with E-state index in [1.54, 1.807) is 32.5 Å². The molecular formula is C11H21NO3S. The number of carboxylic acids is 1. The fourth-order valence-corrected chi connectivity index (χ4v) is 1.84. The highest BCUT2D eigenvalue weighted by molar-refractivity contribution is 7.98. The van der Waals surface area contributed by atoms with Crippen LogP contribution in [0, 0.1) is 11.3 Å². The van der Waals surface area contributed by atoms with Crippen LogP contribution < -0.4 is 5.32 Å². The Labute approximate surface area is 101 Å². The highest BCUT2D eigenvalue weighted by atomic mass is 32.2. The average Bonchev–Trinajstić information content (AvgIpc) is 2.09. The van der Waals surface area contributed by atoms with Crippen LogP contribution >= 0.6 is 11.8 Å². The van der Waals surface area contributed by atoms with Gasteiger partial charge in [0.15, 0.2) is 0 Å². The van der Waals surface area contributed by atoms with Gasteiger partial charge >= 0.3 is 5.97 Å². The first-order chi connectivity index (χ1) is 7.30. The van der Waals surface area contributed by atoms with E-state index in [0.29, 0.717) is 6.54 Å². The number of hydrogen-bond acceptors (Lipinski definition) is 3. The van der Waals surface area contributed by atoms with Gasteiger partial charge in [0.2, 0.25) is 5.91 Å². The van der Waals surface area contributed by atoms with Crippen LogP contribution in [0.4, 0.5) is 0 Å². The van der Waals surface area contributed by atoms with Crippen molar-refractivity contribution in [3.05, 3.63) is 0 Å². The predicted octanol–water partition coefficient (Wildman–Crippen LogP) is 1.60. The van der Waals surface area contributed by atoms with Crippen molar-refractivity contribution in [2.75, 3.05) is 18.6 Å². The summed E-state index contributed by atoms with van der Waals surface area (Å²) in [6.45, 7) is 5.81. The van der Waals surface area contributed by atoms with Crippen LogP contribution in [0.2, 0.25) is 0 Å². The third kappa shape index (κ3) is 5.39. The van der Waals surface area contributed by atoms with E-state index in [4.69, 9.17) is 5.11 Å². The maximum Gasteiger partial charge on any atom is 0.316 e. The van der Waals surface area contributed by atoms with Crippen molar-refractivity contribution in [2.45, 2.75) is 27.2 Å². The summed E-state index contributed by atoms with van der Waals surface area (Å²) in [5.74, 6) is -1.47. The lowest BCUT2D eigenvalue weighted by atomic mass is 9.80. The van der Waals surface area contributed by atoms with E-state index in [9.17, 15) is 9.59 Å². The Morgan fingerprint density at radius 1 is 1.38 bits per heavy atom. The van der Waals surface area contributed by atoms with Gasteiger partial charge in [-0.25, -0.2) is 0 Å². The Hall–Kier alpha value is -0.710. The second-order valence-electron chi connectivity index (χ2n) is 4.77. The smallest absolute Gasteiger partial charge is 0.316 e. The van der Waals surface area contributed by atoms with Gasteiger partial charge in [-0.2, -0.15) is 11.8 Å². The molecule has 0 spiro atoms. The molecule has 0 heterocycles. The number of carbonyl (C=O) groups is 2. The van der Waals surface area contributed by atoms with Gasteiger partial charge in [-0.1, -0.05) is 20.8 Å². The van der Waals surface area contributed by atoms with Crippen LogP contribution in [0.15, 0.2) is 0 Å². The molecule has 0 saturated heterocycles. The summed E-state index contributed by atoms with van der Waals surface area (Å²) in [5.41, 5.74) is -0.560. The van der Waals surface area contributed by atoms with E-state index in [1.807, 2.05) is 6.26 Å². The van der Waals surface area contributed by atoms with Gasteiger partial charge in [0.25, 0.3) is 0 Å². The minimum atomic E-state index is -1.06. The number of aliphatic carboxylic acids is 1. The number of nitrogens with one attached hydrogen (secondary N) is 1. The summed E-state index contributed by atoms with van der Waals surface area (Å²) < 4.78 is 0. The van der Waals surface area contributed by atoms with Gasteiger partial charge in [0.1, 0.15) is 5.92 Å². The topological polar surface area (TPSA) is 66.4 Å². The lowest BCUT2D eigenvalue weighted by Gasteiger charge is -2.25. The SMILES string of the molecule is CSCCCNC(=O)C(C(=O)O)C(C)(C)C. The largest absolute Gasteiger partial charge is 0.481 e. The van der Waals surface area contributed by atoms with Gasteiger partial charge < -0.3 is 10.4 Å². The van der Waals surface area contributed by atoms with Gasteiger partial charge in [-0.15, -0.1) is 0 Å². The van der Waals surface area contributed by atoms with E-state index in [2.05, 4.69) is 5.32 Å². The van der Waals surface area contributed by atoms with Crippen LogP contribution in [0.25, 0.3) is 0 Å². The Morgan fingerprint density at radius 3 is 2.31 bits per heavy atom. The van der Waals surface area contributed by atoms with Crippen LogP contribution in [0.5, 0.6) is 0 Å².